The van der Waals surface area contributed by atoms with E-state index in [1.54, 1.807) is 0 Å². The molecule has 0 aliphatic rings. The van der Waals surface area contributed by atoms with E-state index in [9.17, 15) is 0 Å². The molecule has 0 heterocycles. The van der Waals surface area contributed by atoms with E-state index < -0.39 is 0 Å². The average Bonchev–Trinajstić information content (AvgIpc) is 1.83. The van der Waals surface area contributed by atoms with Crippen molar-refractivity contribution in [3.63, 3.8) is 0 Å². The van der Waals surface area contributed by atoms with Crippen molar-refractivity contribution < 1.29 is 0 Å². The third kappa shape index (κ3) is 1.22. The smallest absolute Gasteiger partial charge is 0.0388 e. The van der Waals surface area contributed by atoms with Crippen molar-refractivity contribution in [3.05, 3.63) is 29.3 Å². The maximum atomic E-state index is 2.20. The lowest BCUT2D eigenvalue weighted by Crippen LogP contribution is -2.07. The summed E-state index contributed by atoms with van der Waals surface area (Å²) in [5.41, 5.74) is 2.90. The molecule has 0 aromatic heterocycles. The first-order valence-electron chi connectivity index (χ1n) is 3.24. The summed E-state index contributed by atoms with van der Waals surface area (Å²) in [5.74, 6) is 0. The van der Waals surface area contributed by atoms with E-state index in [0.29, 0.717) is 0 Å². The molecule has 9 heavy (non-hydrogen) atoms. The molecule has 1 rings (SSSR count). The summed E-state index contributed by atoms with van der Waals surface area (Å²) >= 11 is 0. The molecule has 0 radical (unpaired) electrons. The monoisotopic (exact) mass is 136 g/mol. The first-order chi connectivity index (χ1) is 4.22. The minimum absolute atomic E-state index is 1.17. The highest BCUT2D eigenvalue weighted by Crippen LogP contribution is 1.99. The van der Waals surface area contributed by atoms with Crippen molar-refractivity contribution >= 4 is 15.4 Å². The van der Waals surface area contributed by atoms with Crippen molar-refractivity contribution in [3.8, 4) is 0 Å². The Labute approximate surface area is 59.3 Å². The second-order valence-electron chi connectivity index (χ2n) is 2.52. The topological polar surface area (TPSA) is 0 Å². The fraction of sp³-hybridized carbons (Fsp3) is 0.250. The molecule has 1 heteroatoms. The Hall–Kier alpha value is -0.563. The van der Waals surface area contributed by atoms with Gasteiger partial charge >= 0.3 is 0 Å². The maximum absolute atomic E-state index is 2.20. The lowest BCUT2D eigenvalue weighted by atomic mass is 10.1. The van der Waals surface area contributed by atoms with Crippen LogP contribution in [-0.2, 0) is 0 Å². The van der Waals surface area contributed by atoms with Crippen LogP contribution in [0.25, 0.3) is 0 Å². The highest BCUT2D eigenvalue weighted by molar-refractivity contribution is 6.33. The van der Waals surface area contributed by atoms with E-state index in [1.165, 1.54) is 26.6 Å². The zero-order chi connectivity index (χ0) is 6.85. The molecule has 1 aromatic carbocycles. The van der Waals surface area contributed by atoms with Gasteiger partial charge in [-0.05, 0) is 25.0 Å². The second-order valence-corrected chi connectivity index (χ2v) is 3.59. The van der Waals surface area contributed by atoms with Gasteiger partial charge in [0.15, 0.2) is 0 Å². The number of benzene rings is 1. The van der Waals surface area contributed by atoms with Crippen LogP contribution in [0.2, 0.25) is 0 Å². The van der Waals surface area contributed by atoms with E-state index in [-0.39, 0.29) is 0 Å². The standard InChI is InChI=1S/C8H12Si/c1-6-4-3-5-8(9)7(6)2/h3-5H,1-2,9H3. The van der Waals surface area contributed by atoms with E-state index >= 15 is 0 Å². The van der Waals surface area contributed by atoms with Crippen molar-refractivity contribution in [2.24, 2.45) is 0 Å². The molecule has 0 amide bonds. The van der Waals surface area contributed by atoms with Gasteiger partial charge in [-0.2, -0.15) is 0 Å². The molecule has 1 aromatic rings. The van der Waals surface area contributed by atoms with Crippen LogP contribution < -0.4 is 5.19 Å². The third-order valence-electron chi connectivity index (χ3n) is 1.88. The third-order valence-corrected chi connectivity index (χ3v) is 2.96. The molecular weight excluding hydrogens is 124 g/mol. The van der Waals surface area contributed by atoms with Gasteiger partial charge in [-0.3, -0.25) is 0 Å². The lowest BCUT2D eigenvalue weighted by Gasteiger charge is -2.01. The van der Waals surface area contributed by atoms with Crippen molar-refractivity contribution in [1.29, 1.82) is 0 Å². The Morgan fingerprint density at radius 2 is 1.89 bits per heavy atom. The van der Waals surface area contributed by atoms with Gasteiger partial charge in [0.1, 0.15) is 0 Å². The Morgan fingerprint density at radius 3 is 2.33 bits per heavy atom. The van der Waals surface area contributed by atoms with Gasteiger partial charge in [0.05, 0.1) is 0 Å². The predicted octanol–water partition coefficient (Wildman–Crippen LogP) is 0.294. The van der Waals surface area contributed by atoms with Gasteiger partial charge in [-0.25, -0.2) is 0 Å². The maximum Gasteiger partial charge on any atom is 0.0388 e. The van der Waals surface area contributed by atoms with Gasteiger partial charge in [-0.15, -0.1) is 0 Å². The van der Waals surface area contributed by atoms with Gasteiger partial charge in [-0.1, -0.05) is 23.4 Å². The Bertz CT molecular complexity index is 196. The van der Waals surface area contributed by atoms with Gasteiger partial charge in [0.25, 0.3) is 0 Å². The van der Waals surface area contributed by atoms with Crippen LogP contribution in [0.4, 0.5) is 0 Å². The summed E-state index contributed by atoms with van der Waals surface area (Å²) < 4.78 is 0. The van der Waals surface area contributed by atoms with Crippen LogP contribution in [0.3, 0.4) is 0 Å². The first kappa shape index (κ1) is 6.56. The summed E-state index contributed by atoms with van der Waals surface area (Å²) in [6.07, 6.45) is 0. The second kappa shape index (κ2) is 2.36. The molecule has 0 fully saturated rings. The van der Waals surface area contributed by atoms with E-state index in [0.717, 1.165) is 0 Å². The molecule has 48 valence electrons. The summed E-state index contributed by atoms with van der Waals surface area (Å²) in [5, 5.41) is 1.52. The Balaban J connectivity index is 3.25. The molecule has 0 aliphatic carbocycles. The minimum Gasteiger partial charge on any atom is -0.0677 e. The molecule has 0 N–H and O–H groups in total. The molecule has 0 aliphatic heterocycles. The lowest BCUT2D eigenvalue weighted by molar-refractivity contribution is 1.37. The van der Waals surface area contributed by atoms with Gasteiger partial charge < -0.3 is 0 Å². The Morgan fingerprint density at radius 1 is 1.22 bits per heavy atom. The SMILES string of the molecule is Cc1cccc([SiH3])c1C. The molecule has 0 saturated carbocycles. The molecule has 0 spiro atoms. The summed E-state index contributed by atoms with van der Waals surface area (Å²) in [6.45, 7) is 4.36. The fourth-order valence-corrected chi connectivity index (χ4v) is 1.48. The average molecular weight is 136 g/mol. The molecule has 0 atom stereocenters. The molecule has 0 unspecified atom stereocenters. The van der Waals surface area contributed by atoms with E-state index in [1.807, 2.05) is 0 Å². The van der Waals surface area contributed by atoms with Crippen LogP contribution in [0.1, 0.15) is 11.1 Å². The van der Waals surface area contributed by atoms with Gasteiger partial charge in [0, 0.05) is 10.2 Å². The summed E-state index contributed by atoms with van der Waals surface area (Å²) in [4.78, 5) is 0. The van der Waals surface area contributed by atoms with Crippen molar-refractivity contribution in [2.45, 2.75) is 13.8 Å². The largest absolute Gasteiger partial charge is 0.0677 e. The van der Waals surface area contributed by atoms with Crippen LogP contribution in [-0.4, -0.2) is 10.2 Å². The highest BCUT2D eigenvalue weighted by Gasteiger charge is 1.91. The zero-order valence-electron chi connectivity index (χ0n) is 6.23. The molecule has 0 bridgehead atoms. The molecule has 0 nitrogen and oxygen atoms in total. The number of hydrogen-bond acceptors (Lipinski definition) is 0. The van der Waals surface area contributed by atoms with Crippen molar-refractivity contribution in [2.75, 3.05) is 0 Å². The summed E-state index contributed by atoms with van der Waals surface area (Å²) in [6, 6.07) is 6.50. The first-order valence-corrected chi connectivity index (χ1v) is 4.24. The fourth-order valence-electron chi connectivity index (χ4n) is 0.898. The number of aryl methyl sites for hydroxylation is 1. The normalized spacial score (nSPS) is 10.0. The molecular formula is C8H12Si. The van der Waals surface area contributed by atoms with Crippen molar-refractivity contribution in [1.82, 2.24) is 0 Å². The van der Waals surface area contributed by atoms with Crippen LogP contribution in [0.15, 0.2) is 18.2 Å². The zero-order valence-corrected chi connectivity index (χ0v) is 8.23. The van der Waals surface area contributed by atoms with E-state index in [2.05, 4.69) is 32.0 Å². The number of hydrogen-bond donors (Lipinski definition) is 0. The van der Waals surface area contributed by atoms with E-state index in [4.69, 9.17) is 0 Å². The Kier molecular flexibility index (Phi) is 1.72. The predicted molar refractivity (Wildman–Crippen MR) is 45.5 cm³/mol. The van der Waals surface area contributed by atoms with Gasteiger partial charge in [0.2, 0.25) is 0 Å². The minimum atomic E-state index is 1.17. The molecule has 0 saturated heterocycles. The van der Waals surface area contributed by atoms with Crippen LogP contribution in [0, 0.1) is 13.8 Å². The number of rotatable bonds is 0. The summed E-state index contributed by atoms with van der Waals surface area (Å²) in [7, 11) is 1.17. The van der Waals surface area contributed by atoms with Crippen LogP contribution >= 0.6 is 0 Å². The van der Waals surface area contributed by atoms with Crippen LogP contribution in [0.5, 0.6) is 0 Å². The quantitative estimate of drug-likeness (QED) is 0.450. The highest BCUT2D eigenvalue weighted by atomic mass is 28.1.